The second-order valence-corrected chi connectivity index (χ2v) is 7.31. The minimum Gasteiger partial charge on any atom is -0.448 e. The van der Waals surface area contributed by atoms with Gasteiger partial charge in [-0.25, -0.2) is 4.79 Å². The van der Waals surface area contributed by atoms with E-state index in [1.807, 2.05) is 12.1 Å². The molecule has 0 spiro atoms. The summed E-state index contributed by atoms with van der Waals surface area (Å²) in [6.07, 6.45) is 1.42. The fraction of sp³-hybridized carbons (Fsp3) is 0.238. The fourth-order valence-corrected chi connectivity index (χ4v) is 3.51. The number of halogens is 1. The van der Waals surface area contributed by atoms with Crippen LogP contribution in [0.1, 0.15) is 21.5 Å². The van der Waals surface area contributed by atoms with Gasteiger partial charge in [0.2, 0.25) is 0 Å². The maximum Gasteiger partial charge on any atom is 0.410 e. The molecule has 8 nitrogen and oxygen atoms in total. The van der Waals surface area contributed by atoms with E-state index in [1.165, 1.54) is 0 Å². The van der Waals surface area contributed by atoms with E-state index in [-0.39, 0.29) is 12.0 Å². The molecular weight excluding hydrogens is 406 g/mol. The van der Waals surface area contributed by atoms with Crippen LogP contribution >= 0.6 is 11.6 Å². The quantitative estimate of drug-likeness (QED) is 0.657. The van der Waals surface area contributed by atoms with Crippen molar-refractivity contribution in [2.24, 2.45) is 0 Å². The van der Waals surface area contributed by atoms with Gasteiger partial charge in [-0.3, -0.25) is 9.48 Å². The number of fused-ring (bicyclic) bond motifs is 1. The van der Waals surface area contributed by atoms with Crippen molar-refractivity contribution in [1.82, 2.24) is 20.0 Å². The van der Waals surface area contributed by atoms with E-state index in [1.54, 1.807) is 40.0 Å². The number of amides is 2. The molecule has 0 saturated carbocycles. The van der Waals surface area contributed by atoms with Crippen molar-refractivity contribution in [3.05, 3.63) is 64.3 Å². The third-order valence-electron chi connectivity index (χ3n) is 4.84. The summed E-state index contributed by atoms with van der Waals surface area (Å²) < 4.78 is 6.59. The number of hydrogen-bond donors (Lipinski definition) is 1. The van der Waals surface area contributed by atoms with Crippen molar-refractivity contribution in [3.63, 3.8) is 0 Å². The number of ether oxygens (including phenoxy) is 1. The Bertz CT molecular complexity index is 1170. The highest BCUT2D eigenvalue weighted by atomic mass is 35.5. The number of rotatable bonds is 6. The van der Waals surface area contributed by atoms with Crippen LogP contribution in [0.15, 0.2) is 42.6 Å². The molecule has 9 heteroatoms. The van der Waals surface area contributed by atoms with Crippen molar-refractivity contribution in [3.8, 4) is 6.07 Å². The molecule has 2 aromatic carbocycles. The highest BCUT2D eigenvalue weighted by Gasteiger charge is 2.21. The van der Waals surface area contributed by atoms with Crippen molar-refractivity contribution in [1.29, 1.82) is 5.26 Å². The van der Waals surface area contributed by atoms with Crippen molar-refractivity contribution >= 4 is 34.5 Å². The Hall–Kier alpha value is -3.57. The average molecular weight is 424 g/mol. The van der Waals surface area contributed by atoms with E-state index in [2.05, 4.69) is 16.5 Å². The molecule has 2 heterocycles. The molecule has 3 aromatic rings. The van der Waals surface area contributed by atoms with E-state index in [0.717, 1.165) is 5.56 Å². The van der Waals surface area contributed by atoms with Gasteiger partial charge in [0.25, 0.3) is 5.91 Å². The van der Waals surface area contributed by atoms with E-state index in [9.17, 15) is 14.9 Å². The maximum atomic E-state index is 12.6. The van der Waals surface area contributed by atoms with Crippen LogP contribution in [-0.4, -0.2) is 46.4 Å². The van der Waals surface area contributed by atoms with Gasteiger partial charge in [-0.15, -0.1) is 0 Å². The lowest BCUT2D eigenvalue weighted by molar-refractivity contribution is 0.0951. The number of hydrogen-bond acceptors (Lipinski definition) is 5. The van der Waals surface area contributed by atoms with Gasteiger partial charge in [0.15, 0.2) is 0 Å². The molecule has 1 aliphatic rings. The molecule has 0 radical (unpaired) electrons. The number of aromatic nitrogens is 2. The molecule has 1 fully saturated rings. The first-order chi connectivity index (χ1) is 14.5. The molecule has 0 unspecified atom stereocenters. The summed E-state index contributed by atoms with van der Waals surface area (Å²) >= 11 is 5.97. The van der Waals surface area contributed by atoms with E-state index in [4.69, 9.17) is 16.3 Å². The number of carbonyl (C=O) groups is 2. The van der Waals surface area contributed by atoms with Crippen LogP contribution in [0.5, 0.6) is 0 Å². The Labute approximate surface area is 177 Å². The van der Waals surface area contributed by atoms with Crippen LogP contribution in [0.25, 0.3) is 10.9 Å². The summed E-state index contributed by atoms with van der Waals surface area (Å²) in [5.41, 5.74) is 2.15. The number of carbonyl (C=O) groups excluding carboxylic acids is 2. The van der Waals surface area contributed by atoms with Gasteiger partial charge < -0.3 is 15.0 Å². The molecule has 152 valence electrons. The summed E-state index contributed by atoms with van der Waals surface area (Å²) in [6.45, 7) is 2.19. The molecular formula is C21H18ClN5O3. The summed E-state index contributed by atoms with van der Waals surface area (Å²) in [5.74, 6) is -0.303. The van der Waals surface area contributed by atoms with Gasteiger partial charge in [-0.2, -0.15) is 10.4 Å². The minimum atomic E-state index is -0.330. The molecule has 0 atom stereocenters. The minimum absolute atomic E-state index is 0.303. The first-order valence-electron chi connectivity index (χ1n) is 9.39. The van der Waals surface area contributed by atoms with Gasteiger partial charge in [0, 0.05) is 35.3 Å². The Morgan fingerprint density at radius 2 is 2.17 bits per heavy atom. The Morgan fingerprint density at radius 1 is 1.30 bits per heavy atom. The van der Waals surface area contributed by atoms with Gasteiger partial charge in [0.1, 0.15) is 6.61 Å². The monoisotopic (exact) mass is 423 g/mol. The molecule has 1 aromatic heterocycles. The second kappa shape index (κ2) is 8.43. The van der Waals surface area contributed by atoms with Gasteiger partial charge in [-0.05, 0) is 29.8 Å². The predicted molar refractivity (Wildman–Crippen MR) is 110 cm³/mol. The SMILES string of the molecule is N#Cc1cc(C(=O)NCc2cccc(Cl)c2)cc2nn(CCN3CCOC3=O)cc12. The predicted octanol–water partition coefficient (Wildman–Crippen LogP) is 2.94. The summed E-state index contributed by atoms with van der Waals surface area (Å²) in [6, 6.07) is 12.6. The summed E-state index contributed by atoms with van der Waals surface area (Å²) in [4.78, 5) is 25.8. The smallest absolute Gasteiger partial charge is 0.410 e. The van der Waals surface area contributed by atoms with Crippen LogP contribution in [0.3, 0.4) is 0 Å². The zero-order chi connectivity index (χ0) is 21.1. The summed E-state index contributed by atoms with van der Waals surface area (Å²) in [5, 5.41) is 18.1. The third-order valence-corrected chi connectivity index (χ3v) is 5.08. The molecule has 1 N–H and O–H groups in total. The number of nitrogens with zero attached hydrogens (tertiary/aromatic N) is 4. The maximum absolute atomic E-state index is 12.6. The number of nitriles is 1. The van der Waals surface area contributed by atoms with E-state index < -0.39 is 0 Å². The van der Waals surface area contributed by atoms with Crippen molar-refractivity contribution in [2.75, 3.05) is 19.7 Å². The van der Waals surface area contributed by atoms with Crippen LogP contribution in [0, 0.1) is 11.3 Å². The standard InChI is InChI=1S/C21H18ClN5O3/c22-17-3-1-2-14(8-17)12-24-20(28)15-9-16(11-23)18-13-27(25-19(18)10-15)5-4-26-6-7-30-21(26)29/h1-3,8-10,13H,4-7,12H2,(H,24,28). The lowest BCUT2D eigenvalue weighted by atomic mass is 10.1. The number of nitrogens with one attached hydrogen (secondary N) is 1. The molecule has 4 rings (SSSR count). The van der Waals surface area contributed by atoms with E-state index in [0.29, 0.717) is 59.8 Å². The fourth-order valence-electron chi connectivity index (χ4n) is 3.29. The molecule has 2 amide bonds. The van der Waals surface area contributed by atoms with Crippen LogP contribution in [0.2, 0.25) is 5.02 Å². The van der Waals surface area contributed by atoms with Crippen LogP contribution in [0.4, 0.5) is 4.79 Å². The normalized spacial score (nSPS) is 13.3. The second-order valence-electron chi connectivity index (χ2n) is 6.87. The third kappa shape index (κ3) is 4.21. The van der Waals surface area contributed by atoms with Crippen molar-refractivity contribution in [2.45, 2.75) is 13.1 Å². The highest BCUT2D eigenvalue weighted by Crippen LogP contribution is 2.20. The Morgan fingerprint density at radius 3 is 2.90 bits per heavy atom. The molecule has 0 aliphatic carbocycles. The summed E-state index contributed by atoms with van der Waals surface area (Å²) in [7, 11) is 0. The van der Waals surface area contributed by atoms with Gasteiger partial charge in [-0.1, -0.05) is 23.7 Å². The molecule has 1 saturated heterocycles. The molecule has 0 bridgehead atoms. The highest BCUT2D eigenvalue weighted by molar-refractivity contribution is 6.30. The van der Waals surface area contributed by atoms with E-state index >= 15 is 0 Å². The first kappa shape index (κ1) is 19.7. The first-order valence-corrected chi connectivity index (χ1v) is 9.77. The molecule has 1 aliphatic heterocycles. The number of benzene rings is 2. The van der Waals surface area contributed by atoms with Gasteiger partial charge in [0.05, 0.1) is 30.2 Å². The average Bonchev–Trinajstić information content (AvgIpc) is 3.35. The molecule has 30 heavy (non-hydrogen) atoms. The van der Waals surface area contributed by atoms with Crippen LogP contribution < -0.4 is 5.32 Å². The Kier molecular flexibility index (Phi) is 5.55. The lowest BCUT2D eigenvalue weighted by Crippen LogP contribution is -2.28. The Balaban J connectivity index is 1.50. The zero-order valence-corrected chi connectivity index (χ0v) is 16.7. The topological polar surface area (TPSA) is 100 Å². The van der Waals surface area contributed by atoms with Crippen molar-refractivity contribution < 1.29 is 14.3 Å². The van der Waals surface area contributed by atoms with Gasteiger partial charge >= 0.3 is 6.09 Å². The zero-order valence-electron chi connectivity index (χ0n) is 16.0. The largest absolute Gasteiger partial charge is 0.448 e. The lowest BCUT2D eigenvalue weighted by Gasteiger charge is -2.11. The van der Waals surface area contributed by atoms with Crippen LogP contribution in [-0.2, 0) is 17.8 Å². The number of cyclic esters (lactones) is 1.